The third-order valence-electron chi connectivity index (χ3n) is 6.05. The Hall–Kier alpha value is -1.83. The third-order valence-corrected chi connectivity index (χ3v) is 6.05. The topological polar surface area (TPSA) is 61.7 Å². The average molecular weight is 358 g/mol. The first-order chi connectivity index (χ1) is 12.8. The molecule has 0 saturated carbocycles. The zero-order chi connectivity index (χ0) is 17.9. The Bertz CT molecular complexity index is 715. The Morgan fingerprint density at radius 2 is 2.08 bits per heavy atom. The predicted octanol–water partition coefficient (Wildman–Crippen LogP) is -1.34. The lowest BCUT2D eigenvalue weighted by Gasteiger charge is -2.36. The molecule has 0 spiro atoms. The Labute approximate surface area is 154 Å². The molecule has 26 heavy (non-hydrogen) atoms. The van der Waals surface area contributed by atoms with E-state index in [4.69, 9.17) is 4.74 Å². The molecule has 2 aromatic rings. The molecule has 1 aromatic carbocycles. The van der Waals surface area contributed by atoms with Crippen molar-refractivity contribution < 1.29 is 14.5 Å². The maximum Gasteiger partial charge on any atom is 0.214 e. The largest absolute Gasteiger partial charge is 0.383 e. The highest BCUT2D eigenvalue weighted by Crippen LogP contribution is 2.18. The Kier molecular flexibility index (Phi) is 5.28. The minimum Gasteiger partial charge on any atom is -0.383 e. The number of piperazine rings is 1. The van der Waals surface area contributed by atoms with Crippen LogP contribution in [0, 0.1) is 6.92 Å². The van der Waals surface area contributed by atoms with E-state index in [9.17, 15) is 0 Å². The van der Waals surface area contributed by atoms with Crippen molar-refractivity contribution >= 4 is 0 Å². The molecule has 2 fully saturated rings. The summed E-state index contributed by atoms with van der Waals surface area (Å²) < 4.78 is 7.17. The number of hydrogen-bond acceptors (Lipinski definition) is 4. The molecule has 7 heteroatoms. The fraction of sp³-hybridized carbons (Fsp3) is 0.632. The van der Waals surface area contributed by atoms with Crippen LogP contribution in [0.2, 0.25) is 0 Å². The molecule has 0 amide bonds. The summed E-state index contributed by atoms with van der Waals surface area (Å²) in [6.45, 7) is 8.41. The van der Waals surface area contributed by atoms with Crippen LogP contribution in [0.3, 0.4) is 0 Å². The van der Waals surface area contributed by atoms with Gasteiger partial charge in [-0.3, -0.25) is 0 Å². The lowest BCUT2D eigenvalue weighted by molar-refractivity contribution is -1.03. The summed E-state index contributed by atoms with van der Waals surface area (Å²) in [5, 5.41) is 12.7. The molecule has 7 nitrogen and oxygen atoms in total. The summed E-state index contributed by atoms with van der Waals surface area (Å²) in [5.41, 5.74) is 2.59. The molecular formula is C19H30N6O+2. The van der Waals surface area contributed by atoms with Crippen LogP contribution in [0.25, 0.3) is 0 Å². The molecule has 0 aliphatic carbocycles. The van der Waals surface area contributed by atoms with Gasteiger partial charge in [0.1, 0.15) is 25.7 Å². The maximum absolute atomic E-state index is 5.25. The first-order valence-electron chi connectivity index (χ1n) is 9.77. The van der Waals surface area contributed by atoms with Crippen LogP contribution in [-0.2, 0) is 11.3 Å². The van der Waals surface area contributed by atoms with Crippen molar-refractivity contribution in [1.82, 2.24) is 20.2 Å². The van der Waals surface area contributed by atoms with Gasteiger partial charge in [-0.1, -0.05) is 29.8 Å². The predicted molar refractivity (Wildman–Crippen MR) is 97.1 cm³/mol. The third kappa shape index (κ3) is 3.51. The normalized spacial score (nSPS) is 26.6. The second-order valence-corrected chi connectivity index (χ2v) is 7.71. The van der Waals surface area contributed by atoms with Crippen LogP contribution in [0.15, 0.2) is 24.3 Å². The van der Waals surface area contributed by atoms with Crippen LogP contribution in [0.4, 0.5) is 0 Å². The summed E-state index contributed by atoms with van der Waals surface area (Å²) >= 11 is 0. The minimum absolute atomic E-state index is 0.185. The monoisotopic (exact) mass is 358 g/mol. The highest BCUT2D eigenvalue weighted by Gasteiger charge is 2.42. The van der Waals surface area contributed by atoms with Crippen molar-refractivity contribution in [2.45, 2.75) is 38.4 Å². The lowest BCUT2D eigenvalue weighted by atomic mass is 10.0. The van der Waals surface area contributed by atoms with Crippen molar-refractivity contribution in [3.63, 3.8) is 0 Å². The van der Waals surface area contributed by atoms with Crippen LogP contribution in [-0.4, -0.2) is 66.1 Å². The average Bonchev–Trinajstić information content (AvgIpc) is 3.31. The second kappa shape index (κ2) is 7.82. The first-order valence-corrected chi connectivity index (χ1v) is 9.77. The van der Waals surface area contributed by atoms with Gasteiger partial charge in [-0.2, -0.15) is 0 Å². The molecule has 140 valence electrons. The van der Waals surface area contributed by atoms with Gasteiger partial charge in [-0.15, -0.1) is 5.10 Å². The number of ether oxygens (including phenoxy) is 1. The van der Waals surface area contributed by atoms with Crippen molar-refractivity contribution in [2.75, 3.05) is 39.9 Å². The van der Waals surface area contributed by atoms with Gasteiger partial charge in [0, 0.05) is 25.5 Å². The molecule has 2 unspecified atom stereocenters. The molecule has 2 aliphatic heterocycles. The fourth-order valence-electron chi connectivity index (χ4n) is 4.64. The van der Waals surface area contributed by atoms with E-state index in [1.165, 1.54) is 50.1 Å². The van der Waals surface area contributed by atoms with Gasteiger partial charge < -0.3 is 14.5 Å². The van der Waals surface area contributed by atoms with Crippen molar-refractivity contribution in [1.29, 1.82) is 0 Å². The number of nitrogens with zero attached hydrogens (tertiary/aromatic N) is 4. The van der Waals surface area contributed by atoms with E-state index < -0.39 is 0 Å². The molecule has 2 aliphatic rings. The summed E-state index contributed by atoms with van der Waals surface area (Å²) in [6.07, 6.45) is 2.72. The van der Waals surface area contributed by atoms with Gasteiger partial charge in [0.15, 0.2) is 6.04 Å². The first kappa shape index (κ1) is 17.6. The summed E-state index contributed by atoms with van der Waals surface area (Å²) in [6, 6.07) is 9.86. The van der Waals surface area contributed by atoms with Crippen molar-refractivity contribution in [2.24, 2.45) is 0 Å². The zero-order valence-electron chi connectivity index (χ0n) is 15.8. The van der Waals surface area contributed by atoms with Gasteiger partial charge in [-0.25, -0.2) is 4.68 Å². The quantitative estimate of drug-likeness (QED) is 0.671. The molecule has 2 saturated heterocycles. The van der Waals surface area contributed by atoms with Gasteiger partial charge in [0.2, 0.25) is 5.82 Å². The Morgan fingerprint density at radius 3 is 2.88 bits per heavy atom. The van der Waals surface area contributed by atoms with Gasteiger partial charge in [-0.05, 0) is 17.4 Å². The smallest absolute Gasteiger partial charge is 0.214 e. The number of benzene rings is 1. The Balaban J connectivity index is 1.66. The number of nitrogens with one attached hydrogen (secondary N) is 2. The van der Waals surface area contributed by atoms with E-state index in [2.05, 4.69) is 46.7 Å². The lowest BCUT2D eigenvalue weighted by Crippen LogP contribution is -3.29. The molecule has 4 atom stereocenters. The maximum atomic E-state index is 5.25. The molecular weight excluding hydrogens is 328 g/mol. The van der Waals surface area contributed by atoms with Crippen molar-refractivity contribution in [3.8, 4) is 0 Å². The molecule has 2 N–H and O–H groups in total. The van der Waals surface area contributed by atoms with E-state index >= 15 is 0 Å². The van der Waals surface area contributed by atoms with E-state index in [1.54, 1.807) is 16.9 Å². The Morgan fingerprint density at radius 1 is 1.23 bits per heavy atom. The molecule has 0 radical (unpaired) electrons. The highest BCUT2D eigenvalue weighted by atomic mass is 16.5. The number of methoxy groups -OCH3 is 1. The van der Waals surface area contributed by atoms with Crippen LogP contribution < -0.4 is 9.80 Å². The standard InChI is InChI=1S/C19H28N6O/c1-15-5-7-16(8-6-15)18(19-20-21-22-25(19)12-13-26-2)24-11-10-23-9-3-4-17(23)14-24/h5-8,17-18H,3-4,9-14H2,1-2H3/p+2/t17-,18+/m1/s1. The van der Waals surface area contributed by atoms with Crippen LogP contribution in [0.5, 0.6) is 0 Å². The fourth-order valence-corrected chi connectivity index (χ4v) is 4.64. The number of aromatic nitrogens is 4. The summed E-state index contributed by atoms with van der Waals surface area (Å²) in [7, 11) is 1.72. The molecule has 0 bridgehead atoms. The summed E-state index contributed by atoms with van der Waals surface area (Å²) in [5.74, 6) is 0.961. The number of hydrogen-bond donors (Lipinski definition) is 2. The molecule has 1 aromatic heterocycles. The van der Waals surface area contributed by atoms with Gasteiger partial charge in [0.25, 0.3) is 0 Å². The van der Waals surface area contributed by atoms with E-state index in [1.807, 2.05) is 4.68 Å². The highest BCUT2D eigenvalue weighted by molar-refractivity contribution is 5.26. The van der Waals surface area contributed by atoms with Crippen molar-refractivity contribution in [3.05, 3.63) is 41.2 Å². The number of rotatable bonds is 6. The molecule has 3 heterocycles. The second-order valence-electron chi connectivity index (χ2n) is 7.71. The van der Waals surface area contributed by atoms with E-state index in [0.29, 0.717) is 13.2 Å². The van der Waals surface area contributed by atoms with Crippen LogP contribution >= 0.6 is 0 Å². The number of tetrazole rings is 1. The van der Waals surface area contributed by atoms with E-state index in [0.717, 1.165) is 11.9 Å². The minimum atomic E-state index is 0.185. The number of quaternary nitrogens is 2. The number of aryl methyl sites for hydroxylation is 1. The van der Waals surface area contributed by atoms with Gasteiger partial charge >= 0.3 is 0 Å². The summed E-state index contributed by atoms with van der Waals surface area (Å²) in [4.78, 5) is 3.40. The van der Waals surface area contributed by atoms with E-state index in [-0.39, 0.29) is 6.04 Å². The van der Waals surface area contributed by atoms with Gasteiger partial charge in [0.05, 0.1) is 19.7 Å². The number of fused-ring (bicyclic) bond motifs is 1. The SMILES string of the molecule is COCCn1nnnc1[C@H](c1ccc(C)cc1)[NH+]1CC[NH+]2CCC[C@@H]2C1. The molecule has 4 rings (SSSR count). The van der Waals surface area contributed by atoms with Crippen LogP contribution in [0.1, 0.15) is 35.8 Å². The zero-order valence-corrected chi connectivity index (χ0v) is 15.8.